The topological polar surface area (TPSA) is 48.0 Å². The standard InChI is InChI=1S/C17H15N5/c1-13-19-20-17-8-7-15(12-22(13)17)16-9-18-21(11-16)10-14-5-3-2-4-6-14/h2-9,11-12H,10H2,1H3. The highest BCUT2D eigenvalue weighted by Crippen LogP contribution is 2.20. The average Bonchev–Trinajstić information content (AvgIpc) is 3.16. The second-order valence-corrected chi connectivity index (χ2v) is 5.31. The van der Waals surface area contributed by atoms with Crippen molar-refractivity contribution in [1.82, 2.24) is 24.4 Å². The third kappa shape index (κ3) is 2.26. The maximum Gasteiger partial charge on any atom is 0.160 e. The van der Waals surface area contributed by atoms with Crippen molar-refractivity contribution < 1.29 is 0 Å². The first-order valence-electron chi connectivity index (χ1n) is 7.18. The Bertz CT molecular complexity index is 921. The number of benzene rings is 1. The quantitative estimate of drug-likeness (QED) is 0.582. The summed E-state index contributed by atoms with van der Waals surface area (Å²) in [7, 11) is 0. The van der Waals surface area contributed by atoms with Crippen LogP contribution in [-0.2, 0) is 6.54 Å². The van der Waals surface area contributed by atoms with E-state index in [4.69, 9.17) is 0 Å². The number of fused-ring (bicyclic) bond motifs is 1. The molecule has 0 spiro atoms. The van der Waals surface area contributed by atoms with E-state index in [0.29, 0.717) is 0 Å². The van der Waals surface area contributed by atoms with Gasteiger partial charge in [0.25, 0.3) is 0 Å². The van der Waals surface area contributed by atoms with Gasteiger partial charge >= 0.3 is 0 Å². The molecule has 0 N–H and O–H groups in total. The number of hydrogen-bond acceptors (Lipinski definition) is 3. The molecule has 22 heavy (non-hydrogen) atoms. The summed E-state index contributed by atoms with van der Waals surface area (Å²) < 4.78 is 3.94. The molecule has 0 fully saturated rings. The van der Waals surface area contributed by atoms with Gasteiger partial charge in [-0.3, -0.25) is 9.08 Å². The summed E-state index contributed by atoms with van der Waals surface area (Å²) in [6.45, 7) is 2.72. The Kier molecular flexibility index (Phi) is 2.96. The molecule has 3 heterocycles. The maximum atomic E-state index is 4.45. The zero-order valence-corrected chi connectivity index (χ0v) is 12.2. The Morgan fingerprint density at radius 1 is 0.909 bits per heavy atom. The van der Waals surface area contributed by atoms with E-state index in [0.717, 1.165) is 29.1 Å². The molecule has 0 atom stereocenters. The predicted octanol–water partition coefficient (Wildman–Crippen LogP) is 2.95. The summed E-state index contributed by atoms with van der Waals surface area (Å²) >= 11 is 0. The first-order valence-corrected chi connectivity index (χ1v) is 7.18. The van der Waals surface area contributed by atoms with E-state index in [9.17, 15) is 0 Å². The van der Waals surface area contributed by atoms with Crippen LogP contribution in [0.1, 0.15) is 11.4 Å². The van der Waals surface area contributed by atoms with Crippen LogP contribution in [0.3, 0.4) is 0 Å². The van der Waals surface area contributed by atoms with Crippen LogP contribution in [0.4, 0.5) is 0 Å². The molecule has 108 valence electrons. The highest BCUT2D eigenvalue weighted by atomic mass is 15.3. The molecule has 0 aliphatic heterocycles. The van der Waals surface area contributed by atoms with Gasteiger partial charge in [0.15, 0.2) is 5.65 Å². The lowest BCUT2D eigenvalue weighted by Crippen LogP contribution is -1.99. The zero-order valence-electron chi connectivity index (χ0n) is 12.2. The highest BCUT2D eigenvalue weighted by molar-refractivity contribution is 5.63. The van der Waals surface area contributed by atoms with Crippen LogP contribution < -0.4 is 0 Å². The average molecular weight is 289 g/mol. The minimum Gasteiger partial charge on any atom is -0.286 e. The lowest BCUT2D eigenvalue weighted by atomic mass is 10.1. The van der Waals surface area contributed by atoms with Gasteiger partial charge in [0.2, 0.25) is 0 Å². The zero-order chi connectivity index (χ0) is 14.9. The summed E-state index contributed by atoms with van der Waals surface area (Å²) in [6, 6.07) is 14.3. The van der Waals surface area contributed by atoms with E-state index in [1.807, 2.05) is 52.5 Å². The fourth-order valence-electron chi connectivity index (χ4n) is 2.55. The Labute approximate surface area is 127 Å². The molecule has 4 aromatic rings. The van der Waals surface area contributed by atoms with E-state index in [2.05, 4.69) is 39.8 Å². The van der Waals surface area contributed by atoms with Crippen LogP contribution in [0.15, 0.2) is 61.1 Å². The summed E-state index contributed by atoms with van der Waals surface area (Å²) in [5, 5.41) is 12.6. The monoisotopic (exact) mass is 289 g/mol. The third-order valence-corrected chi connectivity index (χ3v) is 3.73. The van der Waals surface area contributed by atoms with Gasteiger partial charge in [0.1, 0.15) is 5.82 Å². The Morgan fingerprint density at radius 2 is 1.77 bits per heavy atom. The molecule has 0 saturated heterocycles. The van der Waals surface area contributed by atoms with E-state index in [1.165, 1.54) is 5.56 Å². The van der Waals surface area contributed by atoms with Crippen molar-refractivity contribution in [2.45, 2.75) is 13.5 Å². The van der Waals surface area contributed by atoms with Crippen molar-refractivity contribution in [1.29, 1.82) is 0 Å². The number of pyridine rings is 1. The van der Waals surface area contributed by atoms with Gasteiger partial charge in [-0.2, -0.15) is 5.10 Å². The fraction of sp³-hybridized carbons (Fsp3) is 0.118. The molecule has 0 saturated carbocycles. The molecule has 0 bridgehead atoms. The first kappa shape index (κ1) is 12.8. The molecular weight excluding hydrogens is 274 g/mol. The largest absolute Gasteiger partial charge is 0.286 e. The van der Waals surface area contributed by atoms with Crippen molar-refractivity contribution in [3.63, 3.8) is 0 Å². The van der Waals surface area contributed by atoms with Gasteiger partial charge in [-0.1, -0.05) is 30.3 Å². The van der Waals surface area contributed by atoms with Gasteiger partial charge < -0.3 is 0 Å². The van der Waals surface area contributed by atoms with Crippen LogP contribution in [0.5, 0.6) is 0 Å². The number of aromatic nitrogens is 5. The molecule has 0 aliphatic carbocycles. The summed E-state index contributed by atoms with van der Waals surface area (Å²) in [5.41, 5.74) is 4.29. The van der Waals surface area contributed by atoms with Crippen LogP contribution in [0.2, 0.25) is 0 Å². The second-order valence-electron chi connectivity index (χ2n) is 5.31. The van der Waals surface area contributed by atoms with Gasteiger partial charge in [0, 0.05) is 23.5 Å². The highest BCUT2D eigenvalue weighted by Gasteiger charge is 2.06. The lowest BCUT2D eigenvalue weighted by molar-refractivity contribution is 0.687. The number of hydrogen-bond donors (Lipinski definition) is 0. The normalized spacial score (nSPS) is 11.1. The smallest absolute Gasteiger partial charge is 0.160 e. The Hall–Kier alpha value is -2.95. The van der Waals surface area contributed by atoms with Crippen molar-refractivity contribution in [2.75, 3.05) is 0 Å². The van der Waals surface area contributed by atoms with Gasteiger partial charge in [-0.15, -0.1) is 10.2 Å². The summed E-state index contributed by atoms with van der Waals surface area (Å²) in [4.78, 5) is 0. The van der Waals surface area contributed by atoms with Crippen LogP contribution >= 0.6 is 0 Å². The molecule has 5 heteroatoms. The van der Waals surface area contributed by atoms with Crippen LogP contribution in [0.25, 0.3) is 16.8 Å². The third-order valence-electron chi connectivity index (χ3n) is 3.73. The SMILES string of the molecule is Cc1nnc2ccc(-c3cnn(Cc4ccccc4)c3)cn12. The molecule has 0 amide bonds. The van der Waals surface area contributed by atoms with Crippen LogP contribution in [-0.4, -0.2) is 24.4 Å². The second kappa shape index (κ2) is 5.11. The molecule has 0 radical (unpaired) electrons. The van der Waals surface area contributed by atoms with E-state index < -0.39 is 0 Å². The molecule has 4 rings (SSSR count). The maximum absolute atomic E-state index is 4.45. The van der Waals surface area contributed by atoms with Crippen molar-refractivity contribution in [3.05, 3.63) is 72.4 Å². The van der Waals surface area contributed by atoms with Crippen molar-refractivity contribution in [3.8, 4) is 11.1 Å². The Morgan fingerprint density at radius 3 is 2.64 bits per heavy atom. The summed E-state index contributed by atoms with van der Waals surface area (Å²) in [5.74, 6) is 0.883. The first-order chi connectivity index (χ1) is 10.8. The Balaban J connectivity index is 1.66. The predicted molar refractivity (Wildman–Crippen MR) is 84.5 cm³/mol. The fourth-order valence-corrected chi connectivity index (χ4v) is 2.55. The molecule has 3 aromatic heterocycles. The van der Waals surface area contributed by atoms with E-state index in [1.54, 1.807) is 0 Å². The van der Waals surface area contributed by atoms with Gasteiger partial charge in [-0.25, -0.2) is 0 Å². The number of aryl methyl sites for hydroxylation is 1. The van der Waals surface area contributed by atoms with Crippen molar-refractivity contribution >= 4 is 5.65 Å². The lowest BCUT2D eigenvalue weighted by Gasteiger charge is -2.01. The molecule has 1 aromatic carbocycles. The van der Waals surface area contributed by atoms with E-state index in [-0.39, 0.29) is 0 Å². The minimum absolute atomic E-state index is 0.773. The minimum atomic E-state index is 0.773. The molecule has 0 unspecified atom stereocenters. The molecular formula is C17H15N5. The number of rotatable bonds is 3. The molecule has 0 aliphatic rings. The van der Waals surface area contributed by atoms with Gasteiger partial charge in [-0.05, 0) is 24.6 Å². The van der Waals surface area contributed by atoms with Gasteiger partial charge in [0.05, 0.1) is 12.7 Å². The van der Waals surface area contributed by atoms with Crippen molar-refractivity contribution in [2.24, 2.45) is 0 Å². The molecule has 5 nitrogen and oxygen atoms in total. The number of nitrogens with zero attached hydrogens (tertiary/aromatic N) is 5. The summed E-state index contributed by atoms with van der Waals surface area (Å²) in [6.07, 6.45) is 6.01. The van der Waals surface area contributed by atoms with E-state index >= 15 is 0 Å². The van der Waals surface area contributed by atoms with Crippen LogP contribution in [0, 0.1) is 6.92 Å².